The molecule has 0 fully saturated rings. The standard InChI is InChI=1S/C23H24N2O4S/c1-24(17-19-9-5-3-6-10-19)23(26)18-25(20-11-7-4-8-12-20)30(27,28)22-15-13-21(29-2)14-16-22/h3-16H,17-18H2,1-2H3. The molecule has 0 radical (unpaired) electrons. The Morgan fingerprint density at radius 3 is 2.00 bits per heavy atom. The van der Waals surface area contributed by atoms with Gasteiger partial charge in [-0.15, -0.1) is 0 Å². The molecule has 3 aromatic carbocycles. The number of likely N-dealkylation sites (N-methyl/N-ethyl adjacent to an activating group) is 1. The van der Waals surface area contributed by atoms with E-state index in [4.69, 9.17) is 4.74 Å². The van der Waals surface area contributed by atoms with Crippen LogP contribution in [-0.2, 0) is 21.4 Å². The van der Waals surface area contributed by atoms with Gasteiger partial charge in [0.2, 0.25) is 5.91 Å². The van der Waals surface area contributed by atoms with Gasteiger partial charge in [0.25, 0.3) is 10.0 Å². The number of amides is 1. The molecule has 0 unspecified atom stereocenters. The number of sulfonamides is 1. The zero-order valence-corrected chi connectivity index (χ0v) is 17.7. The molecule has 0 aliphatic rings. The van der Waals surface area contributed by atoms with Gasteiger partial charge in [-0.1, -0.05) is 48.5 Å². The lowest BCUT2D eigenvalue weighted by Crippen LogP contribution is -2.41. The number of ether oxygens (including phenoxy) is 1. The van der Waals surface area contributed by atoms with Crippen LogP contribution in [-0.4, -0.2) is 39.9 Å². The molecule has 156 valence electrons. The van der Waals surface area contributed by atoms with Gasteiger partial charge >= 0.3 is 0 Å². The van der Waals surface area contributed by atoms with E-state index in [2.05, 4.69) is 0 Å². The lowest BCUT2D eigenvalue weighted by atomic mass is 10.2. The van der Waals surface area contributed by atoms with Gasteiger partial charge in [-0.3, -0.25) is 9.10 Å². The largest absolute Gasteiger partial charge is 0.497 e. The molecule has 0 N–H and O–H groups in total. The molecule has 0 heterocycles. The summed E-state index contributed by atoms with van der Waals surface area (Å²) < 4.78 is 33.0. The minimum absolute atomic E-state index is 0.0886. The van der Waals surface area contributed by atoms with Crippen molar-refractivity contribution in [1.29, 1.82) is 0 Å². The zero-order valence-electron chi connectivity index (χ0n) is 16.9. The normalized spacial score (nSPS) is 11.0. The minimum atomic E-state index is -3.95. The Bertz CT molecular complexity index is 1070. The molecular formula is C23H24N2O4S. The first-order valence-electron chi connectivity index (χ1n) is 9.41. The Morgan fingerprint density at radius 1 is 0.867 bits per heavy atom. The first kappa shape index (κ1) is 21.4. The van der Waals surface area contributed by atoms with Crippen LogP contribution in [0.2, 0.25) is 0 Å². The van der Waals surface area contributed by atoms with E-state index in [9.17, 15) is 13.2 Å². The smallest absolute Gasteiger partial charge is 0.264 e. The number of nitrogens with zero attached hydrogens (tertiary/aromatic N) is 2. The SMILES string of the molecule is COc1ccc(S(=O)(=O)N(CC(=O)N(C)Cc2ccccc2)c2ccccc2)cc1. The molecule has 30 heavy (non-hydrogen) atoms. The molecule has 7 heteroatoms. The fourth-order valence-electron chi connectivity index (χ4n) is 2.97. The number of para-hydroxylation sites is 1. The maximum atomic E-state index is 13.4. The van der Waals surface area contributed by atoms with Crippen molar-refractivity contribution in [1.82, 2.24) is 4.90 Å². The summed E-state index contributed by atoms with van der Waals surface area (Å²) in [7, 11) is -0.770. The summed E-state index contributed by atoms with van der Waals surface area (Å²) in [5.74, 6) is 0.249. The first-order valence-corrected chi connectivity index (χ1v) is 10.9. The topological polar surface area (TPSA) is 66.9 Å². The number of hydrogen-bond acceptors (Lipinski definition) is 4. The Kier molecular flexibility index (Phi) is 6.74. The van der Waals surface area contributed by atoms with Crippen molar-refractivity contribution in [3.8, 4) is 5.75 Å². The average Bonchev–Trinajstić information content (AvgIpc) is 2.78. The van der Waals surface area contributed by atoms with Crippen molar-refractivity contribution in [2.75, 3.05) is 25.0 Å². The van der Waals surface area contributed by atoms with Crippen LogP contribution < -0.4 is 9.04 Å². The molecule has 1 amide bonds. The number of methoxy groups -OCH3 is 1. The van der Waals surface area contributed by atoms with Gasteiger partial charge in [0.05, 0.1) is 17.7 Å². The maximum Gasteiger partial charge on any atom is 0.264 e. The summed E-state index contributed by atoms with van der Waals surface area (Å²) in [6, 6.07) is 24.3. The Balaban J connectivity index is 1.88. The van der Waals surface area contributed by atoms with Crippen LogP contribution in [0.1, 0.15) is 5.56 Å². The van der Waals surface area contributed by atoms with E-state index >= 15 is 0 Å². The summed E-state index contributed by atoms with van der Waals surface area (Å²) >= 11 is 0. The fraction of sp³-hybridized carbons (Fsp3) is 0.174. The van der Waals surface area contributed by atoms with Gasteiger partial charge in [0, 0.05) is 13.6 Å². The van der Waals surface area contributed by atoms with Crippen LogP contribution in [0.25, 0.3) is 0 Å². The predicted octanol–water partition coefficient (Wildman–Crippen LogP) is 3.55. The molecule has 0 saturated heterocycles. The van der Waals surface area contributed by atoms with Crippen LogP contribution in [0.15, 0.2) is 89.8 Å². The van der Waals surface area contributed by atoms with E-state index in [1.807, 2.05) is 30.3 Å². The number of rotatable bonds is 8. The molecule has 6 nitrogen and oxygen atoms in total. The number of anilines is 1. The van der Waals surface area contributed by atoms with Crippen molar-refractivity contribution in [3.05, 3.63) is 90.5 Å². The zero-order chi connectivity index (χ0) is 21.6. The molecule has 0 atom stereocenters. The van der Waals surface area contributed by atoms with Crippen molar-refractivity contribution in [2.24, 2.45) is 0 Å². The predicted molar refractivity (Wildman–Crippen MR) is 117 cm³/mol. The highest BCUT2D eigenvalue weighted by molar-refractivity contribution is 7.92. The maximum absolute atomic E-state index is 13.4. The quantitative estimate of drug-likeness (QED) is 0.555. The molecular weight excluding hydrogens is 400 g/mol. The minimum Gasteiger partial charge on any atom is -0.497 e. The molecule has 0 spiro atoms. The van der Waals surface area contributed by atoms with Crippen molar-refractivity contribution < 1.29 is 17.9 Å². The Morgan fingerprint density at radius 2 is 1.43 bits per heavy atom. The van der Waals surface area contributed by atoms with Crippen molar-refractivity contribution in [3.63, 3.8) is 0 Å². The van der Waals surface area contributed by atoms with Crippen LogP contribution in [0.5, 0.6) is 5.75 Å². The third-order valence-electron chi connectivity index (χ3n) is 4.66. The first-order chi connectivity index (χ1) is 14.4. The Hall–Kier alpha value is -3.32. The second-order valence-electron chi connectivity index (χ2n) is 6.76. The van der Waals surface area contributed by atoms with Crippen LogP contribution in [0, 0.1) is 0 Å². The van der Waals surface area contributed by atoms with E-state index in [1.165, 1.54) is 24.1 Å². The highest BCUT2D eigenvalue weighted by Crippen LogP contribution is 2.25. The lowest BCUT2D eigenvalue weighted by Gasteiger charge is -2.26. The lowest BCUT2D eigenvalue weighted by molar-refractivity contribution is -0.128. The van der Waals surface area contributed by atoms with Crippen molar-refractivity contribution >= 4 is 21.6 Å². The second kappa shape index (κ2) is 9.45. The van der Waals surface area contributed by atoms with E-state index in [1.54, 1.807) is 49.5 Å². The summed E-state index contributed by atoms with van der Waals surface area (Å²) in [4.78, 5) is 14.5. The van der Waals surface area contributed by atoms with E-state index < -0.39 is 10.0 Å². The molecule has 0 saturated carbocycles. The van der Waals surface area contributed by atoms with Crippen molar-refractivity contribution in [2.45, 2.75) is 11.4 Å². The highest BCUT2D eigenvalue weighted by atomic mass is 32.2. The van der Waals surface area contributed by atoms with Crippen LogP contribution in [0.3, 0.4) is 0 Å². The molecule has 0 aromatic heterocycles. The fourth-order valence-corrected chi connectivity index (χ4v) is 4.39. The molecule has 0 aliphatic carbocycles. The molecule has 0 aliphatic heterocycles. The molecule has 3 rings (SSSR count). The summed E-state index contributed by atoms with van der Waals surface area (Å²) in [5.41, 5.74) is 1.40. The summed E-state index contributed by atoms with van der Waals surface area (Å²) in [6.07, 6.45) is 0. The van der Waals surface area contributed by atoms with E-state index in [0.717, 1.165) is 9.87 Å². The van der Waals surface area contributed by atoms with Crippen LogP contribution >= 0.6 is 0 Å². The third kappa shape index (κ3) is 4.99. The van der Waals surface area contributed by atoms with Gasteiger partial charge < -0.3 is 9.64 Å². The van der Waals surface area contributed by atoms with Gasteiger partial charge in [-0.2, -0.15) is 0 Å². The monoisotopic (exact) mass is 424 g/mol. The number of benzene rings is 3. The molecule has 0 bridgehead atoms. The van der Waals surface area contributed by atoms with Gasteiger partial charge in [0.1, 0.15) is 12.3 Å². The van der Waals surface area contributed by atoms with Crippen LogP contribution in [0.4, 0.5) is 5.69 Å². The average molecular weight is 425 g/mol. The van der Waals surface area contributed by atoms with Gasteiger partial charge in [-0.25, -0.2) is 8.42 Å². The number of carbonyl (C=O) groups excluding carboxylic acids is 1. The number of carbonyl (C=O) groups is 1. The van der Waals surface area contributed by atoms with E-state index in [-0.39, 0.29) is 17.3 Å². The van der Waals surface area contributed by atoms with Gasteiger partial charge in [0.15, 0.2) is 0 Å². The summed E-state index contributed by atoms with van der Waals surface area (Å²) in [5, 5.41) is 0. The third-order valence-corrected chi connectivity index (χ3v) is 6.45. The van der Waals surface area contributed by atoms with E-state index in [0.29, 0.717) is 18.0 Å². The molecule has 3 aromatic rings. The summed E-state index contributed by atoms with van der Waals surface area (Å²) in [6.45, 7) is 0.0899. The highest BCUT2D eigenvalue weighted by Gasteiger charge is 2.28. The number of hydrogen-bond donors (Lipinski definition) is 0. The van der Waals surface area contributed by atoms with Gasteiger partial charge in [-0.05, 0) is 42.0 Å². The second-order valence-corrected chi connectivity index (χ2v) is 8.62. The Labute approximate surface area is 177 Å².